The lowest BCUT2D eigenvalue weighted by Crippen LogP contribution is -2.41. The number of likely N-dealkylation sites (tertiary alicyclic amines) is 1. The van der Waals surface area contributed by atoms with Crippen molar-refractivity contribution in [1.82, 2.24) is 4.90 Å². The fraction of sp³-hybridized carbons (Fsp3) is 0.562. The zero-order valence-corrected chi connectivity index (χ0v) is 13.1. The minimum absolute atomic E-state index is 0.0286. The third-order valence-electron chi connectivity index (χ3n) is 4.16. The van der Waals surface area contributed by atoms with Gasteiger partial charge in [0.05, 0.1) is 12.6 Å². The minimum atomic E-state index is -0.135. The van der Waals surface area contributed by atoms with Gasteiger partial charge in [0, 0.05) is 25.0 Å². The molecule has 1 heterocycles. The van der Waals surface area contributed by atoms with Crippen molar-refractivity contribution in [3.05, 3.63) is 23.8 Å². The van der Waals surface area contributed by atoms with E-state index in [1.165, 1.54) is 0 Å². The van der Waals surface area contributed by atoms with Gasteiger partial charge in [0.1, 0.15) is 0 Å². The fourth-order valence-electron chi connectivity index (χ4n) is 2.82. The molecule has 1 fully saturated rings. The number of carbonyl (C=O) groups is 1. The Morgan fingerprint density at radius 2 is 2.33 bits per heavy atom. The van der Waals surface area contributed by atoms with Crippen molar-refractivity contribution in [3.8, 4) is 0 Å². The Kier molecular flexibility index (Phi) is 5.20. The average Bonchev–Trinajstić information content (AvgIpc) is 2.90. The van der Waals surface area contributed by atoms with Crippen molar-refractivity contribution >= 4 is 17.3 Å². The molecule has 116 valence electrons. The lowest BCUT2D eigenvalue weighted by molar-refractivity contribution is -0.120. The van der Waals surface area contributed by atoms with Gasteiger partial charge in [-0.25, -0.2) is 0 Å². The van der Waals surface area contributed by atoms with Gasteiger partial charge in [-0.15, -0.1) is 0 Å². The normalized spacial score (nSPS) is 20.4. The second-order valence-corrected chi connectivity index (χ2v) is 5.84. The number of carbonyl (C=O) groups excluding carboxylic acids is 1. The van der Waals surface area contributed by atoms with E-state index < -0.39 is 0 Å². The molecule has 0 saturated carbocycles. The van der Waals surface area contributed by atoms with Crippen LogP contribution in [-0.2, 0) is 9.53 Å². The van der Waals surface area contributed by atoms with Gasteiger partial charge in [0.15, 0.2) is 0 Å². The first kappa shape index (κ1) is 15.8. The molecule has 1 saturated heterocycles. The largest absolute Gasteiger partial charge is 0.399 e. The Morgan fingerprint density at radius 1 is 1.57 bits per heavy atom. The third-order valence-corrected chi connectivity index (χ3v) is 4.16. The first-order valence-corrected chi connectivity index (χ1v) is 7.41. The van der Waals surface area contributed by atoms with Gasteiger partial charge in [-0.2, -0.15) is 0 Å². The highest BCUT2D eigenvalue weighted by Crippen LogP contribution is 2.21. The van der Waals surface area contributed by atoms with Crippen molar-refractivity contribution in [3.63, 3.8) is 0 Å². The van der Waals surface area contributed by atoms with E-state index in [1.54, 1.807) is 13.2 Å². The van der Waals surface area contributed by atoms with Gasteiger partial charge in [-0.3, -0.25) is 9.69 Å². The molecule has 1 aliphatic rings. The third kappa shape index (κ3) is 3.95. The number of hydrogen-bond donors (Lipinski definition) is 2. The van der Waals surface area contributed by atoms with Crippen LogP contribution in [0.1, 0.15) is 18.9 Å². The van der Waals surface area contributed by atoms with Crippen molar-refractivity contribution in [2.45, 2.75) is 26.3 Å². The predicted molar refractivity (Wildman–Crippen MR) is 85.2 cm³/mol. The maximum absolute atomic E-state index is 12.4. The number of rotatable bonds is 5. The number of methoxy groups -OCH3 is 1. The summed E-state index contributed by atoms with van der Waals surface area (Å²) < 4.78 is 5.20. The SMILES string of the molecule is COCC1CCN(C(C)C(=O)Nc2ccc(N)cc2C)C1. The molecule has 3 N–H and O–H groups in total. The van der Waals surface area contributed by atoms with Gasteiger partial charge < -0.3 is 15.8 Å². The molecule has 0 spiro atoms. The summed E-state index contributed by atoms with van der Waals surface area (Å²) in [6.45, 7) is 6.53. The summed E-state index contributed by atoms with van der Waals surface area (Å²) in [5.41, 5.74) is 8.25. The van der Waals surface area contributed by atoms with Crippen LogP contribution in [0.25, 0.3) is 0 Å². The molecule has 5 nitrogen and oxygen atoms in total. The lowest BCUT2D eigenvalue weighted by Gasteiger charge is -2.24. The second-order valence-electron chi connectivity index (χ2n) is 5.84. The summed E-state index contributed by atoms with van der Waals surface area (Å²) in [5, 5.41) is 2.99. The summed E-state index contributed by atoms with van der Waals surface area (Å²) in [4.78, 5) is 14.6. The number of nitrogens with two attached hydrogens (primary N) is 1. The average molecular weight is 291 g/mol. The number of nitrogens with zero attached hydrogens (tertiary/aromatic N) is 1. The highest BCUT2D eigenvalue weighted by Gasteiger charge is 2.29. The van der Waals surface area contributed by atoms with Crippen LogP contribution in [0.4, 0.5) is 11.4 Å². The maximum atomic E-state index is 12.4. The fourth-order valence-corrected chi connectivity index (χ4v) is 2.82. The quantitative estimate of drug-likeness (QED) is 0.813. The Bertz CT molecular complexity index is 504. The molecule has 1 aromatic carbocycles. The Hall–Kier alpha value is -1.59. The van der Waals surface area contributed by atoms with E-state index in [0.29, 0.717) is 11.6 Å². The molecule has 21 heavy (non-hydrogen) atoms. The number of anilines is 2. The van der Waals surface area contributed by atoms with Gasteiger partial charge in [0.2, 0.25) is 5.91 Å². The Balaban J connectivity index is 1.94. The molecule has 1 aliphatic heterocycles. The number of nitrogen functional groups attached to an aromatic ring is 1. The standard InChI is InChI=1S/C16H25N3O2/c1-11-8-14(17)4-5-15(11)18-16(20)12(2)19-7-6-13(9-19)10-21-3/h4-5,8,12-13H,6-7,9-10,17H2,1-3H3,(H,18,20). The van der Waals surface area contributed by atoms with Crippen molar-refractivity contribution in [2.24, 2.45) is 5.92 Å². The van der Waals surface area contributed by atoms with Crippen molar-refractivity contribution in [1.29, 1.82) is 0 Å². The van der Waals surface area contributed by atoms with Gasteiger partial charge in [-0.1, -0.05) is 0 Å². The lowest BCUT2D eigenvalue weighted by atomic mass is 10.1. The van der Waals surface area contributed by atoms with Gasteiger partial charge >= 0.3 is 0 Å². The van der Waals surface area contributed by atoms with Gasteiger partial charge in [0.25, 0.3) is 0 Å². The molecular weight excluding hydrogens is 266 g/mol. The van der Waals surface area contributed by atoms with Crippen molar-refractivity contribution in [2.75, 3.05) is 37.9 Å². The van der Waals surface area contributed by atoms with E-state index in [2.05, 4.69) is 10.2 Å². The smallest absolute Gasteiger partial charge is 0.241 e. The number of ether oxygens (including phenoxy) is 1. The van der Waals surface area contributed by atoms with Crippen LogP contribution in [-0.4, -0.2) is 43.7 Å². The number of aryl methyl sites for hydroxylation is 1. The minimum Gasteiger partial charge on any atom is -0.399 e. The zero-order valence-electron chi connectivity index (χ0n) is 13.1. The summed E-state index contributed by atoms with van der Waals surface area (Å²) in [6.07, 6.45) is 1.09. The predicted octanol–water partition coefficient (Wildman–Crippen LogP) is 1.87. The van der Waals surface area contributed by atoms with Crippen LogP contribution in [0.3, 0.4) is 0 Å². The summed E-state index contributed by atoms with van der Waals surface area (Å²) in [5.74, 6) is 0.560. The molecule has 1 aromatic rings. The number of amides is 1. The summed E-state index contributed by atoms with van der Waals surface area (Å²) in [6, 6.07) is 5.39. The van der Waals surface area contributed by atoms with E-state index in [0.717, 1.165) is 37.4 Å². The Labute approximate surface area is 126 Å². The van der Waals surface area contributed by atoms with Gasteiger partial charge in [-0.05, 0) is 56.5 Å². The van der Waals surface area contributed by atoms with Crippen molar-refractivity contribution < 1.29 is 9.53 Å². The first-order chi connectivity index (χ1) is 10.0. The van der Waals surface area contributed by atoms with Crippen LogP contribution >= 0.6 is 0 Å². The van der Waals surface area contributed by atoms with E-state index in [-0.39, 0.29) is 11.9 Å². The molecule has 0 aliphatic carbocycles. The van der Waals surface area contributed by atoms with Crippen LogP contribution in [0.15, 0.2) is 18.2 Å². The van der Waals surface area contributed by atoms with E-state index in [4.69, 9.17) is 10.5 Å². The zero-order chi connectivity index (χ0) is 15.4. The van der Waals surface area contributed by atoms with Crippen LogP contribution in [0.2, 0.25) is 0 Å². The topological polar surface area (TPSA) is 67.6 Å². The maximum Gasteiger partial charge on any atom is 0.241 e. The molecule has 2 atom stereocenters. The molecule has 2 rings (SSSR count). The molecule has 1 amide bonds. The number of hydrogen-bond acceptors (Lipinski definition) is 4. The number of benzene rings is 1. The Morgan fingerprint density at radius 3 is 3.00 bits per heavy atom. The summed E-state index contributed by atoms with van der Waals surface area (Å²) in [7, 11) is 1.72. The molecule has 0 bridgehead atoms. The molecule has 0 radical (unpaired) electrons. The van der Waals surface area contributed by atoms with Crippen LogP contribution in [0.5, 0.6) is 0 Å². The highest BCUT2D eigenvalue weighted by molar-refractivity contribution is 5.95. The van der Waals surface area contributed by atoms with E-state index >= 15 is 0 Å². The van der Waals surface area contributed by atoms with Crippen LogP contribution < -0.4 is 11.1 Å². The van der Waals surface area contributed by atoms with Crippen LogP contribution in [0, 0.1) is 12.8 Å². The molecule has 2 unspecified atom stereocenters. The van der Waals surface area contributed by atoms with E-state index in [9.17, 15) is 4.79 Å². The number of nitrogens with one attached hydrogen (secondary N) is 1. The first-order valence-electron chi connectivity index (χ1n) is 7.41. The summed E-state index contributed by atoms with van der Waals surface area (Å²) >= 11 is 0. The second kappa shape index (κ2) is 6.91. The molecule has 5 heteroatoms. The molecule has 0 aromatic heterocycles. The highest BCUT2D eigenvalue weighted by atomic mass is 16.5. The molecular formula is C16H25N3O2. The monoisotopic (exact) mass is 291 g/mol. The van der Waals surface area contributed by atoms with E-state index in [1.807, 2.05) is 26.0 Å².